The van der Waals surface area contributed by atoms with E-state index in [1.807, 2.05) is 0 Å². The molecule has 0 aromatic heterocycles. The first-order chi connectivity index (χ1) is 17.8. The van der Waals surface area contributed by atoms with E-state index in [1.165, 1.54) is 44.9 Å². The van der Waals surface area contributed by atoms with E-state index >= 15 is 0 Å². The lowest BCUT2D eigenvalue weighted by Crippen LogP contribution is -2.15. The molecule has 0 N–H and O–H groups in total. The van der Waals surface area contributed by atoms with Crippen LogP contribution in [0.4, 0.5) is 0 Å². The van der Waals surface area contributed by atoms with Crippen LogP contribution in [0.15, 0.2) is 0 Å². The van der Waals surface area contributed by atoms with Crippen LogP contribution in [0.5, 0.6) is 0 Å². The standard InChI is InChI=1S/C28H56O8/c1-3-5-7-8-9-10-11-13-15-30-16-17-31-18-19-32-20-21-33-22-23-34-24-25-35-26-27-36-28(29)14-12-6-4-2/h3-27H2,1-2H3. The molecule has 0 amide bonds. The van der Waals surface area contributed by atoms with Gasteiger partial charge in [0, 0.05) is 13.0 Å². The fourth-order valence-corrected chi connectivity index (χ4v) is 3.35. The van der Waals surface area contributed by atoms with Crippen molar-refractivity contribution in [3.05, 3.63) is 0 Å². The van der Waals surface area contributed by atoms with Crippen molar-refractivity contribution >= 4 is 5.97 Å². The first-order valence-corrected chi connectivity index (χ1v) is 14.4. The molecule has 0 heterocycles. The molecular weight excluding hydrogens is 464 g/mol. The van der Waals surface area contributed by atoms with Gasteiger partial charge in [-0.25, -0.2) is 0 Å². The zero-order chi connectivity index (χ0) is 26.2. The van der Waals surface area contributed by atoms with Crippen LogP contribution in [-0.4, -0.2) is 91.9 Å². The normalized spacial score (nSPS) is 11.3. The lowest BCUT2D eigenvalue weighted by atomic mass is 10.1. The molecule has 0 aliphatic heterocycles. The Morgan fingerprint density at radius 3 is 1.17 bits per heavy atom. The molecule has 0 aromatic rings. The van der Waals surface area contributed by atoms with Gasteiger partial charge in [-0.05, 0) is 12.8 Å². The van der Waals surface area contributed by atoms with Crippen molar-refractivity contribution in [3.8, 4) is 0 Å². The smallest absolute Gasteiger partial charge is 0.305 e. The van der Waals surface area contributed by atoms with Gasteiger partial charge in [0.2, 0.25) is 0 Å². The van der Waals surface area contributed by atoms with Gasteiger partial charge >= 0.3 is 5.97 Å². The molecule has 0 bridgehead atoms. The lowest BCUT2D eigenvalue weighted by Gasteiger charge is -2.08. The molecule has 0 spiro atoms. The summed E-state index contributed by atoms with van der Waals surface area (Å²) >= 11 is 0. The number of esters is 1. The van der Waals surface area contributed by atoms with Gasteiger partial charge in [-0.2, -0.15) is 0 Å². The predicted octanol–water partition coefficient (Wildman–Crippen LogP) is 5.35. The van der Waals surface area contributed by atoms with Crippen molar-refractivity contribution in [2.45, 2.75) is 90.9 Å². The number of hydrogen-bond donors (Lipinski definition) is 0. The van der Waals surface area contributed by atoms with Crippen LogP contribution in [-0.2, 0) is 38.0 Å². The van der Waals surface area contributed by atoms with Gasteiger partial charge < -0.3 is 33.2 Å². The summed E-state index contributed by atoms with van der Waals surface area (Å²) in [6, 6.07) is 0. The summed E-state index contributed by atoms with van der Waals surface area (Å²) in [7, 11) is 0. The Balaban J connectivity index is 3.06. The second-order valence-corrected chi connectivity index (χ2v) is 8.83. The largest absolute Gasteiger partial charge is 0.463 e. The zero-order valence-electron chi connectivity index (χ0n) is 23.4. The van der Waals surface area contributed by atoms with Gasteiger partial charge in [-0.1, -0.05) is 71.6 Å². The monoisotopic (exact) mass is 520 g/mol. The van der Waals surface area contributed by atoms with Crippen LogP contribution < -0.4 is 0 Å². The lowest BCUT2D eigenvalue weighted by molar-refractivity contribution is -0.145. The molecule has 8 nitrogen and oxygen atoms in total. The molecule has 216 valence electrons. The average molecular weight is 521 g/mol. The molecule has 0 saturated heterocycles. The highest BCUT2D eigenvalue weighted by Crippen LogP contribution is 2.08. The van der Waals surface area contributed by atoms with Gasteiger partial charge in [-0.3, -0.25) is 4.79 Å². The van der Waals surface area contributed by atoms with Gasteiger partial charge in [0.25, 0.3) is 0 Å². The average Bonchev–Trinajstić information content (AvgIpc) is 2.88. The topological polar surface area (TPSA) is 81.7 Å². The molecule has 8 heteroatoms. The van der Waals surface area contributed by atoms with Crippen molar-refractivity contribution in [2.24, 2.45) is 0 Å². The van der Waals surface area contributed by atoms with E-state index in [2.05, 4.69) is 13.8 Å². The summed E-state index contributed by atoms with van der Waals surface area (Å²) in [6.07, 6.45) is 14.1. The highest BCUT2D eigenvalue weighted by atomic mass is 16.6. The molecule has 0 radical (unpaired) electrons. The molecule has 0 aliphatic carbocycles. The Morgan fingerprint density at radius 2 is 0.722 bits per heavy atom. The highest BCUT2D eigenvalue weighted by Gasteiger charge is 2.01. The number of hydrogen-bond acceptors (Lipinski definition) is 8. The third-order valence-corrected chi connectivity index (χ3v) is 5.48. The summed E-state index contributed by atoms with van der Waals surface area (Å²) in [5.41, 5.74) is 0. The molecular formula is C28H56O8. The molecule has 0 aliphatic rings. The minimum Gasteiger partial charge on any atom is -0.463 e. The van der Waals surface area contributed by atoms with Crippen molar-refractivity contribution in [2.75, 3.05) is 85.9 Å². The van der Waals surface area contributed by atoms with Crippen LogP contribution in [0.2, 0.25) is 0 Å². The van der Waals surface area contributed by atoms with Crippen molar-refractivity contribution in [1.82, 2.24) is 0 Å². The van der Waals surface area contributed by atoms with E-state index in [1.54, 1.807) is 0 Å². The molecule has 0 atom stereocenters. The molecule has 0 rings (SSSR count). The fourth-order valence-electron chi connectivity index (χ4n) is 3.35. The van der Waals surface area contributed by atoms with E-state index in [0.29, 0.717) is 85.7 Å². The number of ether oxygens (including phenoxy) is 7. The summed E-state index contributed by atoms with van der Waals surface area (Å²) in [5, 5.41) is 0. The Morgan fingerprint density at radius 1 is 0.389 bits per heavy atom. The van der Waals surface area contributed by atoms with E-state index in [9.17, 15) is 4.79 Å². The molecule has 0 unspecified atom stereocenters. The molecule has 0 saturated carbocycles. The summed E-state index contributed by atoms with van der Waals surface area (Å²) in [6.45, 7) is 11.4. The predicted molar refractivity (Wildman–Crippen MR) is 143 cm³/mol. The molecule has 0 aromatic carbocycles. The van der Waals surface area contributed by atoms with Crippen LogP contribution in [0.25, 0.3) is 0 Å². The van der Waals surface area contributed by atoms with E-state index in [0.717, 1.165) is 32.3 Å². The Hall–Kier alpha value is -0.770. The first kappa shape index (κ1) is 35.2. The molecule has 36 heavy (non-hydrogen) atoms. The summed E-state index contributed by atoms with van der Waals surface area (Å²) < 4.78 is 38.0. The summed E-state index contributed by atoms with van der Waals surface area (Å²) in [5.74, 6) is -0.147. The SMILES string of the molecule is CCCCCCCCCCOCCOCCOCCOCCOCCOCCOC(=O)CCCCC. The van der Waals surface area contributed by atoms with Crippen molar-refractivity contribution in [1.29, 1.82) is 0 Å². The fraction of sp³-hybridized carbons (Fsp3) is 0.964. The minimum atomic E-state index is -0.147. The van der Waals surface area contributed by atoms with Crippen LogP contribution >= 0.6 is 0 Å². The van der Waals surface area contributed by atoms with Gasteiger partial charge in [0.05, 0.1) is 72.7 Å². The maximum absolute atomic E-state index is 11.4. The quantitative estimate of drug-likeness (QED) is 0.0894. The van der Waals surface area contributed by atoms with Gasteiger partial charge in [-0.15, -0.1) is 0 Å². The maximum atomic E-state index is 11.4. The van der Waals surface area contributed by atoms with Gasteiger partial charge in [0.15, 0.2) is 0 Å². The van der Waals surface area contributed by atoms with E-state index in [4.69, 9.17) is 33.2 Å². The van der Waals surface area contributed by atoms with Crippen LogP contribution in [0.1, 0.15) is 90.9 Å². The highest BCUT2D eigenvalue weighted by molar-refractivity contribution is 5.69. The first-order valence-electron chi connectivity index (χ1n) is 14.4. The van der Waals surface area contributed by atoms with Crippen LogP contribution in [0, 0.1) is 0 Å². The number of carbonyl (C=O) groups excluding carboxylic acids is 1. The second kappa shape index (κ2) is 32.3. The minimum absolute atomic E-state index is 0.147. The van der Waals surface area contributed by atoms with Gasteiger partial charge in [0.1, 0.15) is 6.61 Å². The molecule has 0 fully saturated rings. The van der Waals surface area contributed by atoms with E-state index < -0.39 is 0 Å². The number of carbonyl (C=O) groups is 1. The third-order valence-electron chi connectivity index (χ3n) is 5.48. The summed E-state index contributed by atoms with van der Waals surface area (Å²) in [4.78, 5) is 11.4. The number of rotatable bonds is 31. The van der Waals surface area contributed by atoms with Crippen LogP contribution in [0.3, 0.4) is 0 Å². The second-order valence-electron chi connectivity index (χ2n) is 8.83. The Labute approximate surface area is 221 Å². The number of unbranched alkanes of at least 4 members (excludes halogenated alkanes) is 9. The Bertz CT molecular complexity index is 422. The maximum Gasteiger partial charge on any atom is 0.305 e. The zero-order valence-corrected chi connectivity index (χ0v) is 23.4. The third kappa shape index (κ3) is 31.3. The van der Waals surface area contributed by atoms with Crippen molar-refractivity contribution < 1.29 is 38.0 Å². The van der Waals surface area contributed by atoms with Crippen molar-refractivity contribution in [3.63, 3.8) is 0 Å². The van der Waals surface area contributed by atoms with E-state index in [-0.39, 0.29) is 5.97 Å². The Kier molecular flexibility index (Phi) is 31.6.